The molecule has 1 atom stereocenters. The Kier molecular flexibility index (Phi) is 3.49. The van der Waals surface area contributed by atoms with Crippen LogP contribution in [0, 0.1) is 6.92 Å². The van der Waals surface area contributed by atoms with Crippen molar-refractivity contribution in [2.75, 3.05) is 0 Å². The van der Waals surface area contributed by atoms with E-state index in [0.29, 0.717) is 11.4 Å². The Morgan fingerprint density at radius 1 is 1.53 bits per heavy atom. The van der Waals surface area contributed by atoms with Crippen molar-refractivity contribution in [3.05, 3.63) is 46.7 Å². The van der Waals surface area contributed by atoms with Crippen molar-refractivity contribution in [1.82, 2.24) is 9.36 Å². The van der Waals surface area contributed by atoms with Gasteiger partial charge in [-0.15, -0.1) is 0 Å². The van der Waals surface area contributed by atoms with Crippen LogP contribution in [-0.4, -0.2) is 20.4 Å². The molecule has 17 heavy (non-hydrogen) atoms. The lowest BCUT2D eigenvalue weighted by Gasteiger charge is -2.09. The molecule has 0 aliphatic heterocycles. The van der Waals surface area contributed by atoms with Crippen LogP contribution in [-0.2, 0) is 11.2 Å². The maximum absolute atomic E-state index is 11.2. The number of carboxylic acids is 1. The van der Waals surface area contributed by atoms with Crippen molar-refractivity contribution < 1.29 is 9.90 Å². The molecule has 0 saturated carbocycles. The molecule has 0 aliphatic rings. The Morgan fingerprint density at radius 2 is 2.35 bits per heavy atom. The second-order valence-corrected chi connectivity index (χ2v) is 4.68. The van der Waals surface area contributed by atoms with Crippen molar-refractivity contribution in [2.24, 2.45) is 0 Å². The van der Waals surface area contributed by atoms with E-state index in [1.54, 1.807) is 0 Å². The van der Waals surface area contributed by atoms with Gasteiger partial charge < -0.3 is 5.11 Å². The number of aryl methyl sites for hydroxylation is 1. The predicted molar refractivity (Wildman–Crippen MR) is 65.2 cm³/mol. The molecule has 5 heteroatoms. The summed E-state index contributed by atoms with van der Waals surface area (Å²) in [6.07, 6.45) is 1.85. The lowest BCUT2D eigenvalue weighted by molar-refractivity contribution is -0.138. The number of nitrogens with zero attached hydrogens (tertiary/aromatic N) is 2. The van der Waals surface area contributed by atoms with Crippen LogP contribution in [0.25, 0.3) is 0 Å². The number of carboxylic acid groups (broad SMARTS) is 1. The fourth-order valence-corrected chi connectivity index (χ4v) is 2.30. The summed E-state index contributed by atoms with van der Waals surface area (Å²) < 4.78 is 3.85. The SMILES string of the molecule is Cc1cccc(CC(C(=O)O)c2ncns2)c1. The molecule has 0 radical (unpaired) electrons. The number of hydrogen-bond donors (Lipinski definition) is 1. The molecule has 0 spiro atoms. The average molecular weight is 248 g/mol. The van der Waals surface area contributed by atoms with Gasteiger partial charge in [0, 0.05) is 0 Å². The van der Waals surface area contributed by atoms with E-state index in [1.165, 1.54) is 6.33 Å². The van der Waals surface area contributed by atoms with Gasteiger partial charge in [-0.1, -0.05) is 29.8 Å². The highest BCUT2D eigenvalue weighted by Crippen LogP contribution is 2.22. The first-order chi connectivity index (χ1) is 8.16. The minimum Gasteiger partial charge on any atom is -0.481 e. The molecule has 1 heterocycles. The van der Waals surface area contributed by atoms with Crippen LogP contribution in [0.4, 0.5) is 0 Å². The molecule has 1 aromatic carbocycles. The highest BCUT2D eigenvalue weighted by atomic mass is 32.1. The monoisotopic (exact) mass is 248 g/mol. The molecule has 2 rings (SSSR count). The van der Waals surface area contributed by atoms with Gasteiger partial charge in [0.2, 0.25) is 0 Å². The second-order valence-electron chi connectivity index (χ2n) is 3.86. The van der Waals surface area contributed by atoms with E-state index in [-0.39, 0.29) is 0 Å². The minimum absolute atomic E-state index is 0.451. The van der Waals surface area contributed by atoms with Crippen LogP contribution in [0.15, 0.2) is 30.6 Å². The third kappa shape index (κ3) is 2.88. The summed E-state index contributed by atoms with van der Waals surface area (Å²) >= 11 is 1.14. The van der Waals surface area contributed by atoms with Crippen molar-refractivity contribution in [3.8, 4) is 0 Å². The standard InChI is InChI=1S/C12H12N2O2S/c1-8-3-2-4-9(5-8)6-10(12(15)16)11-13-7-14-17-11/h2-5,7,10H,6H2,1H3,(H,15,16). The third-order valence-corrected chi connectivity index (χ3v) is 3.27. The third-order valence-electron chi connectivity index (χ3n) is 2.50. The van der Waals surface area contributed by atoms with Gasteiger partial charge in [0.15, 0.2) is 0 Å². The molecule has 0 saturated heterocycles. The van der Waals surface area contributed by atoms with Gasteiger partial charge in [-0.3, -0.25) is 4.79 Å². The number of aliphatic carboxylic acids is 1. The van der Waals surface area contributed by atoms with E-state index >= 15 is 0 Å². The molecule has 1 aromatic heterocycles. The van der Waals surface area contributed by atoms with Crippen LogP contribution in [0.2, 0.25) is 0 Å². The molecule has 1 N–H and O–H groups in total. The molecule has 0 fully saturated rings. The van der Waals surface area contributed by atoms with Crippen LogP contribution < -0.4 is 0 Å². The quantitative estimate of drug-likeness (QED) is 0.901. The maximum Gasteiger partial charge on any atom is 0.313 e. The van der Waals surface area contributed by atoms with Gasteiger partial charge in [-0.05, 0) is 30.4 Å². The summed E-state index contributed by atoms with van der Waals surface area (Å²) in [7, 11) is 0. The highest BCUT2D eigenvalue weighted by Gasteiger charge is 2.23. The van der Waals surface area contributed by atoms with Gasteiger partial charge in [0.1, 0.15) is 17.3 Å². The Bertz CT molecular complexity index is 511. The molecular formula is C12H12N2O2S. The fourth-order valence-electron chi connectivity index (χ4n) is 1.69. The maximum atomic E-state index is 11.2. The highest BCUT2D eigenvalue weighted by molar-refractivity contribution is 7.05. The smallest absolute Gasteiger partial charge is 0.313 e. The molecular weight excluding hydrogens is 236 g/mol. The van der Waals surface area contributed by atoms with Crippen LogP contribution >= 0.6 is 11.5 Å². The fraction of sp³-hybridized carbons (Fsp3) is 0.250. The normalized spacial score (nSPS) is 12.3. The topological polar surface area (TPSA) is 63.1 Å². The molecule has 1 unspecified atom stereocenters. The first-order valence-electron chi connectivity index (χ1n) is 5.21. The van der Waals surface area contributed by atoms with Crippen molar-refractivity contribution in [3.63, 3.8) is 0 Å². The first-order valence-corrected chi connectivity index (χ1v) is 5.99. The van der Waals surface area contributed by atoms with E-state index in [1.807, 2.05) is 31.2 Å². The van der Waals surface area contributed by atoms with Crippen LogP contribution in [0.5, 0.6) is 0 Å². The lowest BCUT2D eigenvalue weighted by Crippen LogP contribution is -2.14. The van der Waals surface area contributed by atoms with E-state index < -0.39 is 11.9 Å². The Morgan fingerprint density at radius 3 is 2.94 bits per heavy atom. The zero-order valence-corrected chi connectivity index (χ0v) is 10.1. The van der Waals surface area contributed by atoms with Gasteiger partial charge in [0.25, 0.3) is 0 Å². The van der Waals surface area contributed by atoms with E-state index in [2.05, 4.69) is 9.36 Å². The molecule has 88 valence electrons. The number of rotatable bonds is 4. The Balaban J connectivity index is 2.22. The zero-order chi connectivity index (χ0) is 12.3. The largest absolute Gasteiger partial charge is 0.481 e. The molecule has 4 nitrogen and oxygen atoms in total. The number of hydrogen-bond acceptors (Lipinski definition) is 4. The minimum atomic E-state index is -0.858. The summed E-state index contributed by atoms with van der Waals surface area (Å²) in [5.74, 6) is -1.47. The van der Waals surface area contributed by atoms with E-state index in [0.717, 1.165) is 22.7 Å². The lowest BCUT2D eigenvalue weighted by atomic mass is 9.99. The molecule has 2 aromatic rings. The summed E-state index contributed by atoms with van der Waals surface area (Å²) in [6.45, 7) is 1.99. The molecule has 0 bridgehead atoms. The summed E-state index contributed by atoms with van der Waals surface area (Å²) in [5, 5.41) is 9.77. The van der Waals surface area contributed by atoms with Crippen LogP contribution in [0.3, 0.4) is 0 Å². The average Bonchev–Trinajstić information content (AvgIpc) is 2.78. The van der Waals surface area contributed by atoms with Crippen molar-refractivity contribution in [2.45, 2.75) is 19.3 Å². The summed E-state index contributed by atoms with van der Waals surface area (Å²) in [6, 6.07) is 7.86. The van der Waals surface area contributed by atoms with Gasteiger partial charge >= 0.3 is 5.97 Å². The van der Waals surface area contributed by atoms with Crippen LogP contribution in [0.1, 0.15) is 22.1 Å². The van der Waals surface area contributed by atoms with Crippen molar-refractivity contribution >= 4 is 17.5 Å². The zero-order valence-electron chi connectivity index (χ0n) is 9.33. The summed E-state index contributed by atoms with van der Waals surface area (Å²) in [4.78, 5) is 15.2. The molecule has 0 amide bonds. The van der Waals surface area contributed by atoms with Gasteiger partial charge in [0.05, 0.1) is 0 Å². The van der Waals surface area contributed by atoms with E-state index in [4.69, 9.17) is 0 Å². The summed E-state index contributed by atoms with van der Waals surface area (Å²) in [5.41, 5.74) is 2.14. The second kappa shape index (κ2) is 5.05. The number of carbonyl (C=O) groups is 1. The van der Waals surface area contributed by atoms with Crippen molar-refractivity contribution in [1.29, 1.82) is 0 Å². The molecule has 0 aliphatic carbocycles. The van der Waals surface area contributed by atoms with Gasteiger partial charge in [-0.2, -0.15) is 4.37 Å². The number of benzene rings is 1. The first kappa shape index (κ1) is 11.7. The van der Waals surface area contributed by atoms with E-state index in [9.17, 15) is 9.90 Å². The van der Waals surface area contributed by atoms with Gasteiger partial charge in [-0.25, -0.2) is 4.98 Å². The number of aromatic nitrogens is 2. The Labute approximate surface area is 103 Å². The Hall–Kier alpha value is -1.75. The predicted octanol–water partition coefficient (Wildman–Crippen LogP) is 2.26.